The summed E-state index contributed by atoms with van der Waals surface area (Å²) in [5.41, 5.74) is 0.429. The second-order valence-electron chi connectivity index (χ2n) is 10.4. The van der Waals surface area contributed by atoms with Gasteiger partial charge in [-0.1, -0.05) is 44.2 Å². The van der Waals surface area contributed by atoms with Crippen LogP contribution in [0.15, 0.2) is 48.5 Å². The van der Waals surface area contributed by atoms with E-state index in [1.807, 2.05) is 13.8 Å². The quantitative estimate of drug-likeness (QED) is 0.279. The molecule has 3 rings (SSSR count). The molecule has 0 bridgehead atoms. The fourth-order valence-corrected chi connectivity index (χ4v) is 5.65. The van der Waals surface area contributed by atoms with Crippen LogP contribution in [-0.4, -0.2) is 62.8 Å². The highest BCUT2D eigenvalue weighted by atomic mass is 32.2. The van der Waals surface area contributed by atoms with Crippen molar-refractivity contribution >= 4 is 10.0 Å². The lowest BCUT2D eigenvalue weighted by Gasteiger charge is -2.34. The molecule has 1 aliphatic rings. The molecule has 1 aliphatic heterocycles. The summed E-state index contributed by atoms with van der Waals surface area (Å²) in [6, 6.07) is 11.6. The summed E-state index contributed by atoms with van der Waals surface area (Å²) in [6.45, 7) is 6.74. The van der Waals surface area contributed by atoms with Crippen molar-refractivity contribution in [2.75, 3.05) is 39.0 Å². The lowest BCUT2D eigenvalue weighted by Crippen LogP contribution is -2.43. The molecule has 1 unspecified atom stereocenters. The maximum absolute atomic E-state index is 13.5. The molecule has 0 aromatic heterocycles. The van der Waals surface area contributed by atoms with Crippen LogP contribution in [0.2, 0.25) is 0 Å². The molecule has 0 N–H and O–H groups in total. The molecule has 2 aromatic rings. The Labute approximate surface area is 217 Å². The fourth-order valence-electron chi connectivity index (χ4n) is 4.75. The standard InChI is InChI=1S/C27H36F4N2O3S/c1-26(2,22-10-12-24(28)13-11-22)20-32(18-21-7-4-8-23(17-21)27(29,30)31)14-6-16-36-25-9-5-15-33(19-25)37(3,34)35/h4,7-8,10-13,17,25H,5-6,9,14-16,18-20H2,1-3H3. The van der Waals surface area contributed by atoms with Crippen molar-refractivity contribution in [2.24, 2.45) is 0 Å². The van der Waals surface area contributed by atoms with E-state index < -0.39 is 21.8 Å². The molecule has 0 aliphatic carbocycles. The summed E-state index contributed by atoms with van der Waals surface area (Å²) in [6.07, 6.45) is -1.22. The summed E-state index contributed by atoms with van der Waals surface area (Å²) in [4.78, 5) is 2.09. The van der Waals surface area contributed by atoms with Crippen molar-refractivity contribution in [3.05, 3.63) is 71.0 Å². The number of nitrogens with zero attached hydrogens (tertiary/aromatic N) is 2. The normalized spacial score (nSPS) is 17.9. The highest BCUT2D eigenvalue weighted by Gasteiger charge is 2.31. The third-order valence-electron chi connectivity index (χ3n) is 6.69. The summed E-state index contributed by atoms with van der Waals surface area (Å²) in [5.74, 6) is -0.324. The number of benzene rings is 2. The molecule has 10 heteroatoms. The van der Waals surface area contributed by atoms with E-state index >= 15 is 0 Å². The van der Waals surface area contributed by atoms with Gasteiger partial charge in [-0.2, -0.15) is 17.5 Å². The number of hydrogen-bond acceptors (Lipinski definition) is 4. The molecule has 0 amide bonds. The Kier molecular flexibility index (Phi) is 9.77. The zero-order valence-electron chi connectivity index (χ0n) is 21.6. The Hall–Kier alpha value is -2.01. The van der Waals surface area contributed by atoms with Crippen LogP contribution in [0, 0.1) is 5.82 Å². The summed E-state index contributed by atoms with van der Waals surface area (Å²) in [5, 5.41) is 0. The maximum atomic E-state index is 13.5. The van der Waals surface area contributed by atoms with Gasteiger partial charge in [-0.25, -0.2) is 12.8 Å². The SMILES string of the molecule is CC(C)(CN(CCCOC1CCCN(S(C)(=O)=O)C1)Cc1cccc(C(F)(F)F)c1)c1ccc(F)cc1. The predicted molar refractivity (Wildman–Crippen MR) is 136 cm³/mol. The molecule has 206 valence electrons. The lowest BCUT2D eigenvalue weighted by atomic mass is 9.84. The average Bonchev–Trinajstić information content (AvgIpc) is 2.81. The number of hydrogen-bond donors (Lipinski definition) is 0. The minimum Gasteiger partial charge on any atom is -0.377 e. The van der Waals surface area contributed by atoms with Gasteiger partial charge in [0.15, 0.2) is 0 Å². The van der Waals surface area contributed by atoms with Gasteiger partial charge in [-0.3, -0.25) is 4.90 Å². The number of sulfonamides is 1. The minimum atomic E-state index is -4.41. The third kappa shape index (κ3) is 9.05. The van der Waals surface area contributed by atoms with Crippen LogP contribution in [0.25, 0.3) is 0 Å². The summed E-state index contributed by atoms with van der Waals surface area (Å²) in [7, 11) is -3.26. The van der Waals surface area contributed by atoms with Gasteiger partial charge in [-0.05, 0) is 48.6 Å². The lowest BCUT2D eigenvalue weighted by molar-refractivity contribution is -0.137. The first-order valence-corrected chi connectivity index (χ1v) is 14.3. The molecular weight excluding hydrogens is 508 g/mol. The van der Waals surface area contributed by atoms with Gasteiger partial charge in [0.25, 0.3) is 0 Å². The monoisotopic (exact) mass is 544 g/mol. The van der Waals surface area contributed by atoms with Crippen LogP contribution in [0.1, 0.15) is 49.8 Å². The Balaban J connectivity index is 1.66. The van der Waals surface area contributed by atoms with Gasteiger partial charge in [0.05, 0.1) is 17.9 Å². The Bertz CT molecular complexity index is 1120. The van der Waals surface area contributed by atoms with Crippen molar-refractivity contribution in [3.8, 4) is 0 Å². The molecule has 2 aromatic carbocycles. The van der Waals surface area contributed by atoms with Crippen LogP contribution < -0.4 is 0 Å². The van der Waals surface area contributed by atoms with Crippen molar-refractivity contribution in [3.63, 3.8) is 0 Å². The molecule has 1 fully saturated rings. The fraction of sp³-hybridized carbons (Fsp3) is 0.556. The Morgan fingerprint density at radius 2 is 1.78 bits per heavy atom. The van der Waals surface area contributed by atoms with Crippen LogP contribution in [0.3, 0.4) is 0 Å². The molecular formula is C27H36F4N2O3S. The molecule has 1 atom stereocenters. The van der Waals surface area contributed by atoms with Crippen LogP contribution in [0.4, 0.5) is 17.6 Å². The second-order valence-corrected chi connectivity index (χ2v) is 12.4. The van der Waals surface area contributed by atoms with Gasteiger partial charge in [0, 0.05) is 44.7 Å². The first kappa shape index (κ1) is 29.5. The number of alkyl halides is 3. The molecule has 0 radical (unpaired) electrons. The van der Waals surface area contributed by atoms with E-state index in [-0.39, 0.29) is 17.3 Å². The van der Waals surface area contributed by atoms with Gasteiger partial charge in [0.2, 0.25) is 10.0 Å². The number of piperidine rings is 1. The predicted octanol–water partition coefficient (Wildman–Crippen LogP) is 5.46. The summed E-state index contributed by atoms with van der Waals surface area (Å²) < 4.78 is 84.3. The Morgan fingerprint density at radius 1 is 1.08 bits per heavy atom. The number of halogens is 4. The van der Waals surface area contributed by atoms with Crippen molar-refractivity contribution in [2.45, 2.75) is 57.3 Å². The van der Waals surface area contributed by atoms with Gasteiger partial charge >= 0.3 is 6.18 Å². The van der Waals surface area contributed by atoms with Crippen molar-refractivity contribution in [1.82, 2.24) is 9.21 Å². The number of ether oxygens (including phenoxy) is 1. The molecule has 1 heterocycles. The van der Waals surface area contributed by atoms with Crippen molar-refractivity contribution < 1.29 is 30.7 Å². The highest BCUT2D eigenvalue weighted by molar-refractivity contribution is 7.88. The van der Waals surface area contributed by atoms with E-state index in [0.717, 1.165) is 24.5 Å². The van der Waals surface area contributed by atoms with Gasteiger partial charge in [-0.15, -0.1) is 0 Å². The Morgan fingerprint density at radius 3 is 2.43 bits per heavy atom. The van der Waals surface area contributed by atoms with Crippen molar-refractivity contribution in [1.29, 1.82) is 0 Å². The van der Waals surface area contributed by atoms with Crippen LogP contribution in [-0.2, 0) is 32.9 Å². The van der Waals surface area contributed by atoms with E-state index in [1.54, 1.807) is 18.2 Å². The maximum Gasteiger partial charge on any atom is 0.416 e. The van der Waals surface area contributed by atoms with Crippen LogP contribution in [0.5, 0.6) is 0 Å². The van der Waals surface area contributed by atoms with Gasteiger partial charge in [0.1, 0.15) is 5.82 Å². The molecule has 37 heavy (non-hydrogen) atoms. The minimum absolute atomic E-state index is 0.170. The van der Waals surface area contributed by atoms with E-state index in [0.29, 0.717) is 51.3 Å². The summed E-state index contributed by atoms with van der Waals surface area (Å²) >= 11 is 0. The largest absolute Gasteiger partial charge is 0.416 e. The van der Waals surface area contributed by atoms with Gasteiger partial charge < -0.3 is 4.74 Å². The molecule has 0 saturated carbocycles. The van der Waals surface area contributed by atoms with E-state index in [2.05, 4.69) is 4.90 Å². The first-order valence-electron chi connectivity index (χ1n) is 12.5. The zero-order valence-corrected chi connectivity index (χ0v) is 22.4. The average molecular weight is 545 g/mol. The first-order chi connectivity index (χ1) is 17.2. The van der Waals surface area contributed by atoms with E-state index in [1.165, 1.54) is 34.8 Å². The molecule has 1 saturated heterocycles. The van der Waals surface area contributed by atoms with E-state index in [9.17, 15) is 26.0 Å². The zero-order chi connectivity index (χ0) is 27.3. The number of rotatable bonds is 11. The topological polar surface area (TPSA) is 49.9 Å². The van der Waals surface area contributed by atoms with E-state index in [4.69, 9.17) is 4.74 Å². The second kappa shape index (κ2) is 12.2. The molecule has 0 spiro atoms. The highest BCUT2D eigenvalue weighted by Crippen LogP contribution is 2.30. The van der Waals surface area contributed by atoms with Crippen LogP contribution >= 0.6 is 0 Å². The third-order valence-corrected chi connectivity index (χ3v) is 7.96. The smallest absolute Gasteiger partial charge is 0.377 e. The molecule has 5 nitrogen and oxygen atoms in total.